The summed E-state index contributed by atoms with van der Waals surface area (Å²) in [6.45, 7) is 0.851. The Bertz CT molecular complexity index is 1600. The van der Waals surface area contributed by atoms with Crippen LogP contribution in [0, 0.1) is 5.82 Å². The fourth-order valence-electron chi connectivity index (χ4n) is 3.81. The summed E-state index contributed by atoms with van der Waals surface area (Å²) in [6.07, 6.45) is 1.58. The molecule has 0 saturated carbocycles. The standard InChI is InChI=1S/C27H31FN5O8PS/c1-36-20-6-4-17(12-19(20)28)14-41-42(16-39-9-8-33-15-30-23-24(33)31-27(29)32-25(23)34)40-10-11-43-26(35)18-5-7-21(37-2)22(13-18)38-3/h4-7,12-13,15H,8-11,14,16H2,1-3H3,(H3,29,31,32,34). The Kier molecular flexibility index (Phi) is 11.7. The maximum Gasteiger partial charge on any atom is 0.280 e. The predicted octanol–water partition coefficient (Wildman–Crippen LogP) is 3.96. The Hall–Kier alpha value is -3.75. The molecule has 4 rings (SSSR count). The van der Waals surface area contributed by atoms with Gasteiger partial charge < -0.3 is 38.3 Å². The maximum absolute atomic E-state index is 14.2. The van der Waals surface area contributed by atoms with Crippen LogP contribution in [0.5, 0.6) is 17.2 Å². The number of hydrogen-bond acceptors (Lipinski definition) is 12. The number of rotatable bonds is 16. The van der Waals surface area contributed by atoms with Gasteiger partial charge in [0, 0.05) is 17.9 Å². The van der Waals surface area contributed by atoms with E-state index >= 15 is 0 Å². The van der Waals surface area contributed by atoms with Crippen LogP contribution in [0.15, 0.2) is 47.5 Å². The van der Waals surface area contributed by atoms with Crippen LogP contribution in [0.25, 0.3) is 11.2 Å². The monoisotopic (exact) mass is 635 g/mol. The number of halogens is 1. The summed E-state index contributed by atoms with van der Waals surface area (Å²) >= 11 is 1.09. The van der Waals surface area contributed by atoms with E-state index in [1.165, 1.54) is 39.8 Å². The fraction of sp³-hybridized carbons (Fsp3) is 0.333. The van der Waals surface area contributed by atoms with Crippen LogP contribution in [0.3, 0.4) is 0 Å². The molecule has 0 aliphatic carbocycles. The van der Waals surface area contributed by atoms with Crippen LogP contribution in [-0.4, -0.2) is 71.3 Å². The molecule has 43 heavy (non-hydrogen) atoms. The van der Waals surface area contributed by atoms with Gasteiger partial charge in [-0.2, -0.15) is 4.98 Å². The average Bonchev–Trinajstić information content (AvgIpc) is 3.42. The minimum Gasteiger partial charge on any atom is -0.494 e. The molecule has 13 nitrogen and oxygen atoms in total. The number of H-pyrrole nitrogens is 1. The molecule has 0 bridgehead atoms. The van der Waals surface area contributed by atoms with E-state index in [0.29, 0.717) is 40.6 Å². The van der Waals surface area contributed by atoms with Gasteiger partial charge >= 0.3 is 0 Å². The number of carbonyl (C=O) groups is 1. The summed E-state index contributed by atoms with van der Waals surface area (Å²) in [4.78, 5) is 35.3. The Morgan fingerprint density at radius 2 is 1.81 bits per heavy atom. The highest BCUT2D eigenvalue weighted by atomic mass is 32.2. The lowest BCUT2D eigenvalue weighted by Crippen LogP contribution is -2.13. The van der Waals surface area contributed by atoms with E-state index in [4.69, 9.17) is 33.7 Å². The van der Waals surface area contributed by atoms with Gasteiger partial charge in [-0.25, -0.2) is 9.37 Å². The number of anilines is 1. The Morgan fingerprint density at radius 1 is 1.05 bits per heavy atom. The number of aromatic amines is 1. The lowest BCUT2D eigenvalue weighted by atomic mass is 10.2. The van der Waals surface area contributed by atoms with E-state index in [0.717, 1.165) is 11.8 Å². The molecule has 1 atom stereocenters. The molecule has 2 heterocycles. The third-order valence-electron chi connectivity index (χ3n) is 5.93. The van der Waals surface area contributed by atoms with Crippen molar-refractivity contribution in [3.05, 3.63) is 70.0 Å². The largest absolute Gasteiger partial charge is 0.494 e. The lowest BCUT2D eigenvalue weighted by molar-refractivity contribution is 0.108. The second-order valence-electron chi connectivity index (χ2n) is 8.71. The minimum atomic E-state index is -1.57. The van der Waals surface area contributed by atoms with Gasteiger partial charge in [0.15, 0.2) is 42.6 Å². The second-order valence-corrected chi connectivity index (χ2v) is 11.2. The summed E-state index contributed by atoms with van der Waals surface area (Å²) in [7, 11) is 2.85. The number of hydrogen-bond donors (Lipinski definition) is 2. The van der Waals surface area contributed by atoms with Gasteiger partial charge in [0.05, 0.1) is 47.5 Å². The number of nitrogens with two attached hydrogens (primary N) is 1. The predicted molar refractivity (Wildman–Crippen MR) is 160 cm³/mol. The zero-order valence-corrected chi connectivity index (χ0v) is 25.4. The number of benzene rings is 2. The summed E-state index contributed by atoms with van der Waals surface area (Å²) in [5.41, 5.74) is 6.81. The number of ether oxygens (including phenoxy) is 4. The van der Waals surface area contributed by atoms with Crippen molar-refractivity contribution in [2.45, 2.75) is 13.2 Å². The summed E-state index contributed by atoms with van der Waals surface area (Å²) < 4.78 is 48.9. The molecule has 0 saturated heterocycles. The highest BCUT2D eigenvalue weighted by Gasteiger charge is 2.16. The number of nitrogens with one attached hydrogen (secondary N) is 1. The molecular formula is C27H31FN5O8PS. The number of methoxy groups -OCH3 is 3. The average molecular weight is 636 g/mol. The van der Waals surface area contributed by atoms with Gasteiger partial charge in [0.2, 0.25) is 11.1 Å². The van der Waals surface area contributed by atoms with E-state index in [1.54, 1.807) is 28.8 Å². The molecule has 1 unspecified atom stereocenters. The van der Waals surface area contributed by atoms with Crippen molar-refractivity contribution in [3.63, 3.8) is 0 Å². The zero-order valence-electron chi connectivity index (χ0n) is 23.7. The fourth-order valence-corrected chi connectivity index (χ4v) is 5.67. The van der Waals surface area contributed by atoms with Crippen LogP contribution < -0.4 is 25.5 Å². The zero-order chi connectivity index (χ0) is 30.8. The van der Waals surface area contributed by atoms with Crippen LogP contribution in [0.1, 0.15) is 15.9 Å². The van der Waals surface area contributed by atoms with E-state index < -0.39 is 19.8 Å². The van der Waals surface area contributed by atoms with Crippen molar-refractivity contribution in [2.75, 3.05) is 52.4 Å². The molecular weight excluding hydrogens is 604 g/mol. The molecule has 0 aliphatic rings. The minimum absolute atomic E-state index is 0.0112. The van der Waals surface area contributed by atoms with Crippen LogP contribution in [-0.2, 0) is 26.9 Å². The molecule has 16 heteroatoms. The van der Waals surface area contributed by atoms with E-state index in [-0.39, 0.29) is 48.5 Å². The Balaban J connectivity index is 1.31. The highest BCUT2D eigenvalue weighted by Crippen LogP contribution is 2.40. The van der Waals surface area contributed by atoms with Crippen molar-refractivity contribution in [1.82, 2.24) is 19.5 Å². The first-order chi connectivity index (χ1) is 20.8. The van der Waals surface area contributed by atoms with E-state index in [9.17, 15) is 14.0 Å². The van der Waals surface area contributed by atoms with Crippen molar-refractivity contribution in [2.24, 2.45) is 0 Å². The molecule has 0 amide bonds. The number of carbonyl (C=O) groups excluding carboxylic acids is 1. The van der Waals surface area contributed by atoms with Gasteiger partial charge in [-0.05, 0) is 35.9 Å². The molecule has 0 spiro atoms. The maximum atomic E-state index is 14.2. The molecule has 0 aliphatic heterocycles. The normalized spacial score (nSPS) is 11.9. The number of fused-ring (bicyclic) bond motifs is 1. The van der Waals surface area contributed by atoms with Crippen LogP contribution in [0.4, 0.5) is 10.3 Å². The second kappa shape index (κ2) is 15.6. The number of thioether (sulfide) groups is 1. The number of imidazole rings is 1. The molecule has 230 valence electrons. The highest BCUT2D eigenvalue weighted by molar-refractivity contribution is 8.14. The van der Waals surface area contributed by atoms with Crippen molar-refractivity contribution in [3.8, 4) is 17.2 Å². The van der Waals surface area contributed by atoms with Gasteiger partial charge in [-0.15, -0.1) is 0 Å². The first-order valence-corrected chi connectivity index (χ1v) is 15.2. The van der Waals surface area contributed by atoms with Gasteiger partial charge in [-0.1, -0.05) is 17.8 Å². The SMILES string of the molecule is COc1ccc(COP(COCCn2cnc3c(=O)[nH]c(N)nc32)OCCSC(=O)c2ccc(OC)c(OC)c2)cc1F. The van der Waals surface area contributed by atoms with Gasteiger partial charge in [0.1, 0.15) is 6.35 Å². The van der Waals surface area contributed by atoms with Crippen molar-refractivity contribution in [1.29, 1.82) is 0 Å². The van der Waals surface area contributed by atoms with Crippen LogP contribution in [0.2, 0.25) is 0 Å². The van der Waals surface area contributed by atoms with Crippen molar-refractivity contribution >= 4 is 42.4 Å². The number of aromatic nitrogens is 4. The summed E-state index contributed by atoms with van der Waals surface area (Å²) in [5, 5.41) is -0.152. The smallest absolute Gasteiger partial charge is 0.280 e. The third kappa shape index (κ3) is 8.65. The van der Waals surface area contributed by atoms with Crippen molar-refractivity contribution < 1.29 is 37.2 Å². The number of nitrogen functional groups attached to an aromatic ring is 1. The number of nitrogens with zero attached hydrogens (tertiary/aromatic N) is 3. The van der Waals surface area contributed by atoms with Gasteiger partial charge in [0.25, 0.3) is 5.56 Å². The first kappa shape index (κ1) is 32.2. The summed E-state index contributed by atoms with van der Waals surface area (Å²) in [6, 6.07) is 9.50. The molecule has 4 aromatic rings. The quantitative estimate of drug-likeness (QED) is 0.135. The van der Waals surface area contributed by atoms with Crippen LogP contribution >= 0.6 is 20.1 Å². The van der Waals surface area contributed by atoms with Gasteiger partial charge in [-0.3, -0.25) is 14.6 Å². The topological polar surface area (TPSA) is 162 Å². The third-order valence-corrected chi connectivity index (χ3v) is 8.08. The van der Waals surface area contributed by atoms with E-state index in [1.807, 2.05) is 0 Å². The summed E-state index contributed by atoms with van der Waals surface area (Å²) in [5.74, 6) is 0.965. The Labute approximate surface area is 251 Å². The molecule has 0 fully saturated rings. The van der Waals surface area contributed by atoms with E-state index in [2.05, 4.69) is 15.0 Å². The molecule has 3 N–H and O–H groups in total. The molecule has 0 radical (unpaired) electrons. The Morgan fingerprint density at radius 3 is 2.56 bits per heavy atom. The molecule has 2 aromatic carbocycles. The lowest BCUT2D eigenvalue weighted by Gasteiger charge is -2.18. The first-order valence-electron chi connectivity index (χ1n) is 12.9. The molecule has 2 aromatic heterocycles.